The summed E-state index contributed by atoms with van der Waals surface area (Å²) in [5.41, 5.74) is 1.22. The topological polar surface area (TPSA) is 49.4 Å². The monoisotopic (exact) mass is 398 g/mol. The van der Waals surface area contributed by atoms with E-state index in [4.69, 9.17) is 0 Å². The molecule has 7 heteroatoms. The van der Waals surface area contributed by atoms with Crippen molar-refractivity contribution in [2.24, 2.45) is 0 Å². The number of aryl methyl sites for hydroxylation is 1. The molecule has 3 heterocycles. The van der Waals surface area contributed by atoms with Crippen LogP contribution in [0.3, 0.4) is 0 Å². The fourth-order valence-electron chi connectivity index (χ4n) is 3.28. The van der Waals surface area contributed by atoms with Gasteiger partial charge in [-0.05, 0) is 66.9 Å². The molecule has 25 heavy (non-hydrogen) atoms. The molecule has 1 aliphatic heterocycles. The Bertz CT molecular complexity index is 745. The molecule has 2 aromatic rings. The van der Waals surface area contributed by atoms with Gasteiger partial charge in [0.1, 0.15) is 4.21 Å². The zero-order chi connectivity index (χ0) is 17.7. The van der Waals surface area contributed by atoms with Crippen LogP contribution in [0.5, 0.6) is 0 Å². The van der Waals surface area contributed by atoms with E-state index in [0.29, 0.717) is 10.8 Å². The minimum atomic E-state index is -3.44. The quantitative estimate of drug-likeness (QED) is 0.758. The first-order valence-corrected chi connectivity index (χ1v) is 12.2. The number of thiophene rings is 2. The SMILES string of the molecule is CCc1ccc(S(=O)(=O)NCC(c2ccsc2)N2CCCCCC2)s1. The van der Waals surface area contributed by atoms with Gasteiger partial charge in [0.2, 0.25) is 10.0 Å². The molecule has 0 radical (unpaired) electrons. The molecule has 0 aromatic carbocycles. The molecule has 138 valence electrons. The van der Waals surface area contributed by atoms with Gasteiger partial charge in [-0.2, -0.15) is 11.3 Å². The van der Waals surface area contributed by atoms with Crippen LogP contribution in [0.1, 0.15) is 49.1 Å². The van der Waals surface area contributed by atoms with Crippen LogP contribution in [0.25, 0.3) is 0 Å². The fourth-order valence-corrected chi connectivity index (χ4v) is 6.37. The number of hydrogen-bond donors (Lipinski definition) is 1. The van der Waals surface area contributed by atoms with E-state index in [0.717, 1.165) is 24.4 Å². The van der Waals surface area contributed by atoms with Gasteiger partial charge in [0.25, 0.3) is 0 Å². The lowest BCUT2D eigenvalue weighted by atomic mass is 10.1. The second kappa shape index (κ2) is 8.77. The Kier molecular flexibility index (Phi) is 6.68. The molecule has 0 amide bonds. The van der Waals surface area contributed by atoms with Crippen molar-refractivity contribution in [2.45, 2.75) is 49.3 Å². The summed E-state index contributed by atoms with van der Waals surface area (Å²) in [6, 6.07) is 5.86. The van der Waals surface area contributed by atoms with E-state index in [-0.39, 0.29) is 6.04 Å². The maximum Gasteiger partial charge on any atom is 0.250 e. The second-order valence-corrected chi connectivity index (χ2v) is 10.4. The number of nitrogens with zero attached hydrogens (tertiary/aromatic N) is 1. The van der Waals surface area contributed by atoms with Gasteiger partial charge in [-0.1, -0.05) is 19.8 Å². The third kappa shape index (κ3) is 4.92. The molecule has 4 nitrogen and oxygen atoms in total. The Morgan fingerprint density at radius 3 is 2.52 bits per heavy atom. The summed E-state index contributed by atoms with van der Waals surface area (Å²) in [5.74, 6) is 0. The molecule has 0 spiro atoms. The summed E-state index contributed by atoms with van der Waals surface area (Å²) in [4.78, 5) is 3.55. The third-order valence-corrected chi connectivity index (χ3v) is 8.57. The summed E-state index contributed by atoms with van der Waals surface area (Å²) >= 11 is 3.04. The number of nitrogens with one attached hydrogen (secondary N) is 1. The number of likely N-dealkylation sites (tertiary alicyclic amines) is 1. The maximum absolute atomic E-state index is 12.7. The maximum atomic E-state index is 12.7. The van der Waals surface area contributed by atoms with Crippen molar-refractivity contribution >= 4 is 32.7 Å². The van der Waals surface area contributed by atoms with E-state index in [9.17, 15) is 8.42 Å². The highest BCUT2D eigenvalue weighted by Crippen LogP contribution is 2.27. The first kappa shape index (κ1) is 19.0. The average Bonchev–Trinajstić information content (AvgIpc) is 3.23. The van der Waals surface area contributed by atoms with Crippen molar-refractivity contribution in [3.05, 3.63) is 39.4 Å². The number of rotatable bonds is 7. The molecule has 3 rings (SSSR count). The molecule has 1 unspecified atom stereocenters. The summed E-state index contributed by atoms with van der Waals surface area (Å²) in [7, 11) is -3.44. The molecule has 1 aliphatic rings. The van der Waals surface area contributed by atoms with E-state index in [1.807, 2.05) is 13.0 Å². The highest BCUT2D eigenvalue weighted by molar-refractivity contribution is 7.91. The predicted molar refractivity (Wildman–Crippen MR) is 106 cm³/mol. The molecule has 0 bridgehead atoms. The molecule has 1 fully saturated rings. The van der Waals surface area contributed by atoms with E-state index in [2.05, 4.69) is 26.4 Å². The van der Waals surface area contributed by atoms with Crippen LogP contribution >= 0.6 is 22.7 Å². The van der Waals surface area contributed by atoms with Crippen molar-refractivity contribution in [1.29, 1.82) is 0 Å². The summed E-state index contributed by atoms with van der Waals surface area (Å²) in [6.07, 6.45) is 5.79. The number of sulfonamides is 1. The van der Waals surface area contributed by atoms with Gasteiger partial charge in [-0.15, -0.1) is 11.3 Å². The van der Waals surface area contributed by atoms with Crippen LogP contribution in [0.15, 0.2) is 33.2 Å². The average molecular weight is 399 g/mol. The first-order valence-electron chi connectivity index (χ1n) is 8.94. The fraction of sp³-hybridized carbons (Fsp3) is 0.556. The highest BCUT2D eigenvalue weighted by Gasteiger charge is 2.25. The smallest absolute Gasteiger partial charge is 0.250 e. The molecule has 1 N–H and O–H groups in total. The summed E-state index contributed by atoms with van der Waals surface area (Å²) in [5, 5.41) is 4.21. The molecular weight excluding hydrogens is 372 g/mol. The normalized spacial score (nSPS) is 18.1. The Labute approximate surface area is 158 Å². The van der Waals surface area contributed by atoms with E-state index >= 15 is 0 Å². The van der Waals surface area contributed by atoms with Gasteiger partial charge in [-0.25, -0.2) is 13.1 Å². The van der Waals surface area contributed by atoms with E-state index < -0.39 is 10.0 Å². The molecular formula is C18H26N2O2S3. The second-order valence-electron chi connectivity index (χ2n) is 6.45. The van der Waals surface area contributed by atoms with Crippen molar-refractivity contribution in [3.8, 4) is 0 Å². The van der Waals surface area contributed by atoms with Crippen LogP contribution < -0.4 is 4.72 Å². The third-order valence-electron chi connectivity index (χ3n) is 4.73. The zero-order valence-electron chi connectivity index (χ0n) is 14.6. The van der Waals surface area contributed by atoms with Crippen LogP contribution in [-0.4, -0.2) is 33.0 Å². The lowest BCUT2D eigenvalue weighted by Crippen LogP contribution is -2.38. The molecule has 2 aromatic heterocycles. The van der Waals surface area contributed by atoms with Crippen molar-refractivity contribution in [1.82, 2.24) is 9.62 Å². The molecule has 0 saturated carbocycles. The highest BCUT2D eigenvalue weighted by atomic mass is 32.2. The standard InChI is InChI=1S/C18H26N2O2S3/c1-2-16-7-8-18(24-16)25(21,22)19-13-17(15-9-12-23-14-15)20-10-5-3-4-6-11-20/h7-9,12,14,17,19H,2-6,10-11,13H2,1H3. The minimum Gasteiger partial charge on any atom is -0.295 e. The van der Waals surface area contributed by atoms with E-state index in [1.54, 1.807) is 17.4 Å². The van der Waals surface area contributed by atoms with Gasteiger partial charge in [0.15, 0.2) is 0 Å². The van der Waals surface area contributed by atoms with Gasteiger partial charge in [0.05, 0.1) is 0 Å². The Morgan fingerprint density at radius 1 is 1.16 bits per heavy atom. The minimum absolute atomic E-state index is 0.115. The molecule has 1 atom stereocenters. The first-order chi connectivity index (χ1) is 12.1. The number of hydrogen-bond acceptors (Lipinski definition) is 5. The Morgan fingerprint density at radius 2 is 1.92 bits per heavy atom. The van der Waals surface area contributed by atoms with Crippen molar-refractivity contribution in [2.75, 3.05) is 19.6 Å². The summed E-state index contributed by atoms with van der Waals surface area (Å²) in [6.45, 7) is 4.56. The lowest BCUT2D eigenvalue weighted by molar-refractivity contribution is 0.206. The Balaban J connectivity index is 1.73. The van der Waals surface area contributed by atoms with Crippen LogP contribution in [0.4, 0.5) is 0 Å². The van der Waals surface area contributed by atoms with Gasteiger partial charge >= 0.3 is 0 Å². The molecule has 0 aliphatic carbocycles. The molecule has 1 saturated heterocycles. The zero-order valence-corrected chi connectivity index (χ0v) is 17.1. The van der Waals surface area contributed by atoms with Gasteiger partial charge in [-0.3, -0.25) is 4.90 Å². The summed E-state index contributed by atoms with van der Waals surface area (Å²) < 4.78 is 28.6. The van der Waals surface area contributed by atoms with Gasteiger partial charge in [0, 0.05) is 17.5 Å². The Hall–Kier alpha value is -0.730. The lowest BCUT2D eigenvalue weighted by Gasteiger charge is -2.30. The van der Waals surface area contributed by atoms with Crippen LogP contribution in [0, 0.1) is 0 Å². The predicted octanol–water partition coefficient (Wildman–Crippen LogP) is 4.27. The van der Waals surface area contributed by atoms with Gasteiger partial charge < -0.3 is 0 Å². The van der Waals surface area contributed by atoms with Crippen molar-refractivity contribution < 1.29 is 8.42 Å². The van der Waals surface area contributed by atoms with Crippen LogP contribution in [0.2, 0.25) is 0 Å². The van der Waals surface area contributed by atoms with Crippen molar-refractivity contribution in [3.63, 3.8) is 0 Å². The largest absolute Gasteiger partial charge is 0.295 e. The van der Waals surface area contributed by atoms with E-state index in [1.165, 1.54) is 42.6 Å². The van der Waals surface area contributed by atoms with Crippen LogP contribution in [-0.2, 0) is 16.4 Å².